The van der Waals surface area contributed by atoms with Crippen LogP contribution in [0.25, 0.3) is 0 Å². The lowest BCUT2D eigenvalue weighted by Gasteiger charge is -2.13. The van der Waals surface area contributed by atoms with Gasteiger partial charge in [0.15, 0.2) is 0 Å². The minimum atomic E-state index is -5.06. The van der Waals surface area contributed by atoms with Crippen LogP contribution in [0.5, 0.6) is 5.88 Å². The normalized spacial score (nSPS) is 11.9. The van der Waals surface area contributed by atoms with Gasteiger partial charge in [-0.1, -0.05) is 0 Å². The second kappa shape index (κ2) is 4.70. The minimum Gasteiger partial charge on any atom is -0.394 e. The number of pyridine rings is 1. The fraction of sp³-hybridized carbons (Fsp3) is 0.375. The number of hydrogen-bond donors (Lipinski definition) is 2. The predicted molar refractivity (Wildman–Crippen MR) is 48.2 cm³/mol. The molecule has 17 heavy (non-hydrogen) atoms. The van der Waals surface area contributed by atoms with Crippen molar-refractivity contribution in [1.82, 2.24) is 4.98 Å². The number of anilines is 1. The van der Waals surface area contributed by atoms with Gasteiger partial charge in [-0.3, -0.25) is 0 Å². The molecule has 0 atom stereocenters. The number of aromatic nitrogens is 1. The molecule has 4 nitrogen and oxygen atoms in total. The van der Waals surface area contributed by atoms with E-state index in [1.54, 1.807) is 0 Å². The van der Waals surface area contributed by atoms with Gasteiger partial charge in [0.25, 0.3) is 6.43 Å². The molecule has 0 saturated carbocycles. The molecule has 0 aliphatic heterocycles. The molecular weight excluding hydrogens is 249 g/mol. The van der Waals surface area contributed by atoms with Crippen molar-refractivity contribution in [3.63, 3.8) is 0 Å². The Kier molecular flexibility index (Phi) is 3.71. The summed E-state index contributed by atoms with van der Waals surface area (Å²) in [5, 5.41) is 0. The number of rotatable bonds is 3. The Balaban J connectivity index is 3.23. The van der Waals surface area contributed by atoms with Crippen LogP contribution in [0, 0.1) is 0 Å². The highest BCUT2D eigenvalue weighted by Gasteiger charge is 2.33. The van der Waals surface area contributed by atoms with Gasteiger partial charge in [-0.2, -0.15) is 0 Å². The van der Waals surface area contributed by atoms with E-state index in [0.717, 1.165) is 6.07 Å². The van der Waals surface area contributed by atoms with Crippen LogP contribution < -0.4 is 16.2 Å². The summed E-state index contributed by atoms with van der Waals surface area (Å²) in [6.45, 7) is -0.303. The zero-order valence-corrected chi connectivity index (χ0v) is 8.26. The maximum atomic E-state index is 12.3. The number of ether oxygens (including phenoxy) is 1. The SMILES string of the molecule is NCc1cc(C(F)F)nc(OC(F)(F)F)c1N. The predicted octanol–water partition coefficient (Wildman–Crippen LogP) is 1.96. The standard InChI is InChI=1S/C8H8F5N3O/c9-6(10)4-1-3(2-14)5(15)7(16-4)17-8(11,12)13/h1,6H,2,14-15H2. The largest absolute Gasteiger partial charge is 0.574 e. The first-order valence-corrected chi connectivity index (χ1v) is 4.28. The molecule has 0 aliphatic rings. The number of alkyl halides is 5. The van der Waals surface area contributed by atoms with Crippen molar-refractivity contribution in [2.45, 2.75) is 19.3 Å². The molecule has 1 heterocycles. The molecule has 0 spiro atoms. The van der Waals surface area contributed by atoms with Crippen molar-refractivity contribution < 1.29 is 26.7 Å². The van der Waals surface area contributed by atoms with E-state index in [-0.39, 0.29) is 12.1 Å². The number of nitrogen functional groups attached to an aromatic ring is 1. The highest BCUT2D eigenvalue weighted by atomic mass is 19.4. The van der Waals surface area contributed by atoms with E-state index in [2.05, 4.69) is 9.72 Å². The molecule has 0 unspecified atom stereocenters. The molecule has 0 bridgehead atoms. The summed E-state index contributed by atoms with van der Waals surface area (Å²) in [6, 6.07) is 0.837. The molecule has 1 aromatic rings. The van der Waals surface area contributed by atoms with Crippen LogP contribution in [0.2, 0.25) is 0 Å². The van der Waals surface area contributed by atoms with E-state index in [4.69, 9.17) is 11.5 Å². The Morgan fingerprint density at radius 1 is 1.35 bits per heavy atom. The van der Waals surface area contributed by atoms with Crippen LogP contribution >= 0.6 is 0 Å². The molecule has 0 fully saturated rings. The first-order valence-electron chi connectivity index (χ1n) is 4.28. The first-order chi connectivity index (χ1) is 7.74. The maximum absolute atomic E-state index is 12.3. The van der Waals surface area contributed by atoms with E-state index in [9.17, 15) is 22.0 Å². The highest BCUT2D eigenvalue weighted by molar-refractivity contribution is 5.55. The van der Waals surface area contributed by atoms with Gasteiger partial charge in [0.2, 0.25) is 5.88 Å². The van der Waals surface area contributed by atoms with Crippen molar-refractivity contribution in [3.8, 4) is 5.88 Å². The van der Waals surface area contributed by atoms with E-state index in [1.165, 1.54) is 0 Å². The molecule has 0 amide bonds. The van der Waals surface area contributed by atoms with E-state index in [0.29, 0.717) is 0 Å². The third-order valence-electron chi connectivity index (χ3n) is 1.79. The molecule has 9 heteroatoms. The van der Waals surface area contributed by atoms with Gasteiger partial charge in [0, 0.05) is 6.54 Å². The summed E-state index contributed by atoms with van der Waals surface area (Å²) < 4.78 is 64.0. The topological polar surface area (TPSA) is 74.2 Å². The zero-order chi connectivity index (χ0) is 13.2. The van der Waals surface area contributed by atoms with Gasteiger partial charge in [-0.15, -0.1) is 13.2 Å². The van der Waals surface area contributed by atoms with Crippen molar-refractivity contribution in [2.24, 2.45) is 5.73 Å². The smallest absolute Gasteiger partial charge is 0.394 e. The maximum Gasteiger partial charge on any atom is 0.574 e. The summed E-state index contributed by atoms with van der Waals surface area (Å²) in [6.07, 6.45) is -8.11. The van der Waals surface area contributed by atoms with Gasteiger partial charge in [0.1, 0.15) is 5.69 Å². The average Bonchev–Trinajstić information content (AvgIpc) is 2.18. The van der Waals surface area contributed by atoms with Crippen LogP contribution in [0.1, 0.15) is 17.7 Å². The molecule has 0 aromatic carbocycles. The van der Waals surface area contributed by atoms with Crippen LogP contribution in [-0.2, 0) is 6.54 Å². The van der Waals surface area contributed by atoms with Crippen molar-refractivity contribution in [1.29, 1.82) is 0 Å². The quantitative estimate of drug-likeness (QED) is 0.812. The summed E-state index contributed by atoms with van der Waals surface area (Å²) in [7, 11) is 0. The number of nitrogens with two attached hydrogens (primary N) is 2. The monoisotopic (exact) mass is 257 g/mol. The van der Waals surface area contributed by atoms with Gasteiger partial charge in [-0.05, 0) is 11.6 Å². The minimum absolute atomic E-state index is 0.0884. The zero-order valence-electron chi connectivity index (χ0n) is 8.26. The Bertz CT molecular complexity index is 407. The summed E-state index contributed by atoms with van der Waals surface area (Å²) in [4.78, 5) is 2.99. The Hall–Kier alpha value is -1.64. The third-order valence-corrected chi connectivity index (χ3v) is 1.79. The molecule has 0 saturated heterocycles. The van der Waals surface area contributed by atoms with Crippen LogP contribution in [0.15, 0.2) is 6.07 Å². The number of halogens is 5. The summed E-state index contributed by atoms with van der Waals surface area (Å²) >= 11 is 0. The summed E-state index contributed by atoms with van der Waals surface area (Å²) in [5.74, 6) is -1.12. The lowest BCUT2D eigenvalue weighted by Crippen LogP contribution is -2.20. The second-order valence-electron chi connectivity index (χ2n) is 2.98. The van der Waals surface area contributed by atoms with Gasteiger partial charge < -0.3 is 16.2 Å². The van der Waals surface area contributed by atoms with Gasteiger partial charge in [0.05, 0.1) is 5.69 Å². The fourth-order valence-corrected chi connectivity index (χ4v) is 1.07. The van der Waals surface area contributed by atoms with E-state index in [1.807, 2.05) is 0 Å². The molecule has 1 aromatic heterocycles. The number of nitrogens with zero attached hydrogens (tertiary/aromatic N) is 1. The van der Waals surface area contributed by atoms with Crippen molar-refractivity contribution >= 4 is 5.69 Å². The van der Waals surface area contributed by atoms with Crippen molar-refractivity contribution in [2.75, 3.05) is 5.73 Å². The van der Waals surface area contributed by atoms with E-state index >= 15 is 0 Å². The second-order valence-corrected chi connectivity index (χ2v) is 2.98. The van der Waals surface area contributed by atoms with Gasteiger partial charge in [-0.25, -0.2) is 13.8 Å². The Morgan fingerprint density at radius 3 is 2.35 bits per heavy atom. The van der Waals surface area contributed by atoms with Crippen LogP contribution in [0.4, 0.5) is 27.6 Å². The average molecular weight is 257 g/mol. The Labute approximate surface area is 92.4 Å². The van der Waals surface area contributed by atoms with Crippen molar-refractivity contribution in [3.05, 3.63) is 17.3 Å². The molecule has 0 aliphatic carbocycles. The van der Waals surface area contributed by atoms with Gasteiger partial charge >= 0.3 is 6.36 Å². The summed E-state index contributed by atoms with van der Waals surface area (Å²) in [5.41, 5.74) is 8.95. The molecule has 4 N–H and O–H groups in total. The Morgan fingerprint density at radius 2 is 1.94 bits per heavy atom. The molecular formula is C8H8F5N3O. The highest BCUT2D eigenvalue weighted by Crippen LogP contribution is 2.31. The first kappa shape index (κ1) is 13.4. The van der Waals surface area contributed by atoms with Crippen LogP contribution in [0.3, 0.4) is 0 Å². The fourth-order valence-electron chi connectivity index (χ4n) is 1.07. The molecule has 96 valence electrons. The van der Waals surface area contributed by atoms with Crippen LogP contribution in [-0.4, -0.2) is 11.3 Å². The van der Waals surface area contributed by atoms with E-state index < -0.39 is 30.0 Å². The molecule has 0 radical (unpaired) electrons. The third kappa shape index (κ3) is 3.41. The lowest BCUT2D eigenvalue weighted by molar-refractivity contribution is -0.276. The number of hydrogen-bond acceptors (Lipinski definition) is 4. The lowest BCUT2D eigenvalue weighted by atomic mass is 10.2. The molecule has 1 rings (SSSR count).